The van der Waals surface area contributed by atoms with E-state index in [1.807, 2.05) is 69.3 Å². The van der Waals surface area contributed by atoms with Gasteiger partial charge in [0, 0.05) is 5.69 Å². The fourth-order valence-corrected chi connectivity index (χ4v) is 4.72. The number of carbonyl (C=O) groups is 1. The minimum atomic E-state index is -0.403. The van der Waals surface area contributed by atoms with Crippen LogP contribution < -0.4 is 16.6 Å². The van der Waals surface area contributed by atoms with Crippen molar-refractivity contribution in [2.75, 3.05) is 5.32 Å². The quantitative estimate of drug-likeness (QED) is 0.341. The fraction of sp³-hybridized carbons (Fsp3) is 0.156. The van der Waals surface area contributed by atoms with Gasteiger partial charge in [-0.05, 0) is 79.4 Å². The van der Waals surface area contributed by atoms with Crippen LogP contribution in [-0.2, 0) is 17.8 Å². The van der Waals surface area contributed by atoms with Crippen LogP contribution in [0, 0.1) is 20.8 Å². The third-order valence-electron chi connectivity index (χ3n) is 6.74. The molecule has 0 saturated carbocycles. The zero-order valence-electron chi connectivity index (χ0n) is 21.7. The summed E-state index contributed by atoms with van der Waals surface area (Å²) in [5, 5.41) is 3.38. The third kappa shape index (κ3) is 5.06. The fourth-order valence-electron chi connectivity index (χ4n) is 4.72. The van der Waals surface area contributed by atoms with Gasteiger partial charge in [0.15, 0.2) is 0 Å². The van der Waals surface area contributed by atoms with Gasteiger partial charge in [0.2, 0.25) is 5.91 Å². The van der Waals surface area contributed by atoms with Crippen molar-refractivity contribution in [2.24, 2.45) is 0 Å². The SMILES string of the molecule is Cc1cccc(NC(=O)Cc2ccc(-n3c(=O)c4ccccc4n(Cc4cc(C)ccc4C)c3=O)cc2)c1. The molecule has 0 fully saturated rings. The first-order valence-corrected chi connectivity index (χ1v) is 12.6. The molecule has 0 unspecified atom stereocenters. The van der Waals surface area contributed by atoms with Crippen LogP contribution in [0.4, 0.5) is 5.69 Å². The maximum absolute atomic E-state index is 13.8. The zero-order valence-corrected chi connectivity index (χ0v) is 21.7. The van der Waals surface area contributed by atoms with Crippen molar-refractivity contribution in [1.82, 2.24) is 9.13 Å². The molecule has 5 aromatic rings. The number of anilines is 1. The number of amides is 1. The molecule has 0 atom stereocenters. The van der Waals surface area contributed by atoms with Gasteiger partial charge in [-0.2, -0.15) is 0 Å². The number of hydrogen-bond acceptors (Lipinski definition) is 3. The Hall–Kier alpha value is -4.71. The number of aromatic nitrogens is 2. The van der Waals surface area contributed by atoms with Gasteiger partial charge >= 0.3 is 5.69 Å². The molecule has 0 spiro atoms. The van der Waals surface area contributed by atoms with Crippen molar-refractivity contribution in [1.29, 1.82) is 0 Å². The molecule has 0 aliphatic carbocycles. The molecule has 6 nitrogen and oxygen atoms in total. The van der Waals surface area contributed by atoms with E-state index in [2.05, 4.69) is 11.4 Å². The molecule has 190 valence electrons. The summed E-state index contributed by atoms with van der Waals surface area (Å²) >= 11 is 0. The Morgan fingerprint density at radius 2 is 1.53 bits per heavy atom. The van der Waals surface area contributed by atoms with Gasteiger partial charge in [-0.1, -0.05) is 60.2 Å². The molecule has 0 bridgehead atoms. The zero-order chi connectivity index (χ0) is 26.8. The lowest BCUT2D eigenvalue weighted by Crippen LogP contribution is -2.39. The van der Waals surface area contributed by atoms with Gasteiger partial charge in [0.1, 0.15) is 0 Å². The highest BCUT2D eigenvalue weighted by molar-refractivity contribution is 5.92. The van der Waals surface area contributed by atoms with E-state index in [0.717, 1.165) is 33.5 Å². The normalized spacial score (nSPS) is 11.0. The summed E-state index contributed by atoms with van der Waals surface area (Å²) in [6, 6.07) is 28.0. The highest BCUT2D eigenvalue weighted by atomic mass is 16.2. The van der Waals surface area contributed by atoms with E-state index < -0.39 is 5.69 Å². The highest BCUT2D eigenvalue weighted by Crippen LogP contribution is 2.17. The molecule has 1 N–H and O–H groups in total. The van der Waals surface area contributed by atoms with Crippen molar-refractivity contribution in [3.8, 4) is 5.69 Å². The standard InChI is InChI=1S/C32H29N3O3/c1-21-7-6-8-26(18-21)33-30(36)19-24-13-15-27(16-14-24)35-31(37)28-9-4-5-10-29(28)34(32(35)38)20-25-17-22(2)11-12-23(25)3/h4-18H,19-20H2,1-3H3,(H,33,36). The van der Waals surface area contributed by atoms with E-state index in [9.17, 15) is 14.4 Å². The molecule has 1 amide bonds. The Labute approximate surface area is 220 Å². The number of hydrogen-bond donors (Lipinski definition) is 1. The number of aryl methyl sites for hydroxylation is 3. The second-order valence-corrected chi connectivity index (χ2v) is 9.72. The van der Waals surface area contributed by atoms with Crippen LogP contribution in [-0.4, -0.2) is 15.0 Å². The minimum absolute atomic E-state index is 0.137. The number of carbonyl (C=O) groups excluding carboxylic acids is 1. The second-order valence-electron chi connectivity index (χ2n) is 9.72. The summed E-state index contributed by atoms with van der Waals surface area (Å²) in [4.78, 5) is 39.8. The van der Waals surface area contributed by atoms with Crippen LogP contribution in [0.5, 0.6) is 0 Å². The highest BCUT2D eigenvalue weighted by Gasteiger charge is 2.16. The molecular formula is C32H29N3O3. The molecule has 0 aliphatic rings. The first-order valence-electron chi connectivity index (χ1n) is 12.6. The largest absolute Gasteiger partial charge is 0.336 e. The summed E-state index contributed by atoms with van der Waals surface area (Å²) < 4.78 is 2.87. The van der Waals surface area contributed by atoms with Crippen molar-refractivity contribution < 1.29 is 4.79 Å². The number of nitrogens with zero attached hydrogens (tertiary/aromatic N) is 2. The lowest BCUT2D eigenvalue weighted by molar-refractivity contribution is -0.115. The van der Waals surface area contributed by atoms with Crippen molar-refractivity contribution >= 4 is 22.5 Å². The number of benzene rings is 4. The predicted molar refractivity (Wildman–Crippen MR) is 152 cm³/mol. The van der Waals surface area contributed by atoms with Gasteiger partial charge in [-0.25, -0.2) is 9.36 Å². The van der Waals surface area contributed by atoms with E-state index in [1.54, 1.807) is 41.0 Å². The third-order valence-corrected chi connectivity index (χ3v) is 6.74. The van der Waals surface area contributed by atoms with E-state index in [1.165, 1.54) is 4.57 Å². The Morgan fingerprint density at radius 1 is 0.789 bits per heavy atom. The molecule has 1 heterocycles. The molecule has 1 aromatic heterocycles. The topological polar surface area (TPSA) is 73.1 Å². The maximum Gasteiger partial charge on any atom is 0.336 e. The summed E-state index contributed by atoms with van der Waals surface area (Å²) in [6.45, 7) is 6.36. The lowest BCUT2D eigenvalue weighted by atomic mass is 10.1. The van der Waals surface area contributed by atoms with E-state index in [-0.39, 0.29) is 17.9 Å². The predicted octanol–water partition coefficient (Wildman–Crippen LogP) is 5.31. The van der Waals surface area contributed by atoms with Gasteiger partial charge in [-0.3, -0.25) is 14.2 Å². The number of para-hydroxylation sites is 1. The Kier molecular flexibility index (Phi) is 6.79. The molecule has 0 aliphatic heterocycles. The molecule has 6 heteroatoms. The Morgan fingerprint density at radius 3 is 2.29 bits per heavy atom. The number of fused-ring (bicyclic) bond motifs is 1. The monoisotopic (exact) mass is 503 g/mol. The summed E-state index contributed by atoms with van der Waals surface area (Å²) in [5.41, 5.74) is 6.10. The molecular weight excluding hydrogens is 474 g/mol. The van der Waals surface area contributed by atoms with Gasteiger partial charge in [0.25, 0.3) is 5.56 Å². The molecule has 0 radical (unpaired) electrons. The van der Waals surface area contributed by atoms with E-state index in [0.29, 0.717) is 23.1 Å². The molecule has 5 rings (SSSR count). The van der Waals surface area contributed by atoms with Crippen LogP contribution in [0.3, 0.4) is 0 Å². The van der Waals surface area contributed by atoms with E-state index in [4.69, 9.17) is 0 Å². The average Bonchev–Trinajstić information content (AvgIpc) is 2.89. The lowest BCUT2D eigenvalue weighted by Gasteiger charge is -2.16. The van der Waals surface area contributed by atoms with Gasteiger partial charge < -0.3 is 5.32 Å². The van der Waals surface area contributed by atoms with Crippen molar-refractivity contribution in [3.05, 3.63) is 140 Å². The second kappa shape index (κ2) is 10.3. The van der Waals surface area contributed by atoms with Crippen molar-refractivity contribution in [3.63, 3.8) is 0 Å². The minimum Gasteiger partial charge on any atom is -0.326 e. The summed E-state index contributed by atoms with van der Waals surface area (Å²) in [6.07, 6.45) is 0.178. The Bertz CT molecular complexity index is 1780. The van der Waals surface area contributed by atoms with Crippen LogP contribution in [0.2, 0.25) is 0 Å². The molecule has 38 heavy (non-hydrogen) atoms. The van der Waals surface area contributed by atoms with Crippen LogP contribution in [0.25, 0.3) is 16.6 Å². The first-order chi connectivity index (χ1) is 18.3. The maximum atomic E-state index is 13.8. The van der Waals surface area contributed by atoms with Gasteiger partial charge in [-0.15, -0.1) is 0 Å². The Balaban J connectivity index is 1.50. The van der Waals surface area contributed by atoms with Crippen LogP contribution in [0.15, 0.2) is 101 Å². The van der Waals surface area contributed by atoms with Crippen LogP contribution in [0.1, 0.15) is 27.8 Å². The molecule has 4 aromatic carbocycles. The van der Waals surface area contributed by atoms with E-state index >= 15 is 0 Å². The molecule has 0 saturated heterocycles. The summed E-state index contributed by atoms with van der Waals surface area (Å²) in [5.74, 6) is -0.137. The summed E-state index contributed by atoms with van der Waals surface area (Å²) in [7, 11) is 0. The number of rotatable bonds is 6. The van der Waals surface area contributed by atoms with Crippen LogP contribution >= 0.6 is 0 Å². The van der Waals surface area contributed by atoms with Gasteiger partial charge in [0.05, 0.1) is 29.6 Å². The smallest absolute Gasteiger partial charge is 0.326 e. The number of nitrogens with one attached hydrogen (secondary N) is 1. The first kappa shape index (κ1) is 25.0. The average molecular weight is 504 g/mol. The van der Waals surface area contributed by atoms with Crippen molar-refractivity contribution in [2.45, 2.75) is 33.7 Å².